The molecule has 0 aliphatic heterocycles. The Morgan fingerprint density at radius 3 is 2.50 bits per heavy atom. The molecular weight excluding hydrogens is 421 g/mol. The van der Waals surface area contributed by atoms with Crippen LogP contribution in [0.25, 0.3) is 22.4 Å². The van der Waals surface area contributed by atoms with Crippen molar-refractivity contribution in [3.8, 4) is 22.4 Å². The first-order valence-corrected chi connectivity index (χ1v) is 9.98. The van der Waals surface area contributed by atoms with Gasteiger partial charge in [-0.1, -0.05) is 52.6 Å². The summed E-state index contributed by atoms with van der Waals surface area (Å²) in [5.41, 5.74) is 4.58. The minimum absolute atomic E-state index is 0.117. The van der Waals surface area contributed by atoms with Gasteiger partial charge < -0.3 is 4.52 Å². The minimum atomic E-state index is -0.256. The maximum Gasteiger partial charge on any atom is 0.239 e. The molecule has 2 heterocycles. The van der Waals surface area contributed by atoms with Crippen LogP contribution in [-0.2, 0) is 11.2 Å². The molecule has 30 heavy (non-hydrogen) atoms. The molecule has 4 aromatic rings. The third-order valence-electron chi connectivity index (χ3n) is 4.65. The van der Waals surface area contributed by atoms with Crippen molar-refractivity contribution in [3.63, 3.8) is 0 Å². The normalized spacial score (nSPS) is 10.8. The van der Waals surface area contributed by atoms with Crippen LogP contribution in [0.1, 0.15) is 11.1 Å². The first kappa shape index (κ1) is 20.1. The van der Waals surface area contributed by atoms with E-state index in [9.17, 15) is 4.79 Å². The Morgan fingerprint density at radius 1 is 1.00 bits per heavy atom. The largest absolute Gasteiger partial charge is 0.337 e. The molecule has 5 nitrogen and oxygen atoms in total. The Morgan fingerprint density at radius 2 is 1.77 bits per heavy atom. The average Bonchev–Trinajstić information content (AvgIpc) is 3.15. The fourth-order valence-electron chi connectivity index (χ4n) is 3.14. The van der Waals surface area contributed by atoms with Crippen LogP contribution >= 0.6 is 23.2 Å². The second-order valence-electron chi connectivity index (χ2n) is 6.75. The number of aryl methyl sites for hydroxylation is 1. The number of aromatic nitrogens is 2. The van der Waals surface area contributed by atoms with Crippen LogP contribution in [-0.4, -0.2) is 16.0 Å². The van der Waals surface area contributed by atoms with E-state index < -0.39 is 0 Å². The van der Waals surface area contributed by atoms with E-state index in [2.05, 4.69) is 15.5 Å². The number of carbonyl (C=O) groups excluding carboxylic acids is 1. The van der Waals surface area contributed by atoms with Crippen molar-refractivity contribution >= 4 is 35.0 Å². The predicted molar refractivity (Wildman–Crippen MR) is 119 cm³/mol. The highest BCUT2D eigenvalue weighted by Gasteiger charge is 2.22. The maximum absolute atomic E-state index is 12.7. The predicted octanol–water partition coefficient (Wildman–Crippen LogP) is 6.20. The summed E-state index contributed by atoms with van der Waals surface area (Å²) >= 11 is 12.3. The molecule has 0 aliphatic carbocycles. The second kappa shape index (κ2) is 8.69. The van der Waals surface area contributed by atoms with Gasteiger partial charge in [0.05, 0.1) is 12.0 Å². The van der Waals surface area contributed by atoms with E-state index in [1.54, 1.807) is 18.5 Å². The fraction of sp³-hybridized carbons (Fsp3) is 0.0870. The van der Waals surface area contributed by atoms with E-state index in [0.29, 0.717) is 21.3 Å². The van der Waals surface area contributed by atoms with Gasteiger partial charge in [0.1, 0.15) is 5.69 Å². The van der Waals surface area contributed by atoms with Gasteiger partial charge in [-0.15, -0.1) is 0 Å². The molecule has 0 saturated carbocycles. The summed E-state index contributed by atoms with van der Waals surface area (Å²) in [6.07, 6.45) is 3.47. The molecule has 150 valence electrons. The highest BCUT2D eigenvalue weighted by molar-refractivity contribution is 6.31. The smallest absolute Gasteiger partial charge is 0.239 e. The molecule has 2 aromatic heterocycles. The van der Waals surface area contributed by atoms with Gasteiger partial charge in [-0.3, -0.25) is 15.1 Å². The first-order valence-electron chi connectivity index (χ1n) is 9.23. The number of halogens is 2. The molecule has 2 aromatic carbocycles. The number of anilines is 1. The quantitative estimate of drug-likeness (QED) is 0.403. The van der Waals surface area contributed by atoms with Crippen molar-refractivity contribution in [1.82, 2.24) is 10.1 Å². The lowest BCUT2D eigenvalue weighted by molar-refractivity contribution is -0.115. The fourth-order valence-corrected chi connectivity index (χ4v) is 3.46. The van der Waals surface area contributed by atoms with Crippen molar-refractivity contribution < 1.29 is 9.32 Å². The Bertz CT molecular complexity index is 1210. The van der Waals surface area contributed by atoms with Crippen molar-refractivity contribution in [1.29, 1.82) is 0 Å². The van der Waals surface area contributed by atoms with Gasteiger partial charge in [0.2, 0.25) is 11.8 Å². The van der Waals surface area contributed by atoms with Crippen LogP contribution in [0.5, 0.6) is 0 Å². The van der Waals surface area contributed by atoms with Crippen LogP contribution in [0.15, 0.2) is 71.5 Å². The van der Waals surface area contributed by atoms with Gasteiger partial charge in [0.15, 0.2) is 0 Å². The van der Waals surface area contributed by atoms with Crippen LogP contribution in [0.3, 0.4) is 0 Å². The molecule has 0 aliphatic rings. The third kappa shape index (κ3) is 4.22. The SMILES string of the molecule is Cc1cc(-c2noc(NC(=O)Cc3ccccc3Cl)c2-c2ccncc2)ccc1Cl. The number of carbonyl (C=O) groups is 1. The van der Waals surface area contributed by atoms with Gasteiger partial charge in [0.25, 0.3) is 0 Å². The summed E-state index contributed by atoms with van der Waals surface area (Å²) in [5, 5.41) is 8.27. The van der Waals surface area contributed by atoms with Gasteiger partial charge in [0, 0.05) is 28.0 Å². The average molecular weight is 438 g/mol. The highest BCUT2D eigenvalue weighted by atomic mass is 35.5. The highest BCUT2D eigenvalue weighted by Crippen LogP contribution is 2.38. The van der Waals surface area contributed by atoms with E-state index in [1.807, 2.05) is 55.5 Å². The number of nitrogens with one attached hydrogen (secondary N) is 1. The van der Waals surface area contributed by atoms with Crippen molar-refractivity contribution in [2.24, 2.45) is 0 Å². The number of hydrogen-bond acceptors (Lipinski definition) is 4. The van der Waals surface area contributed by atoms with Crippen LogP contribution in [0, 0.1) is 6.92 Å². The standard InChI is InChI=1S/C23H17Cl2N3O2/c1-14-12-17(6-7-18(14)24)22-21(15-8-10-26-11-9-15)23(30-28-22)27-20(29)13-16-4-2-3-5-19(16)25/h2-12H,13H2,1H3,(H,27,29). The molecule has 0 unspecified atom stereocenters. The lowest BCUT2D eigenvalue weighted by atomic mass is 10.0. The number of amides is 1. The summed E-state index contributed by atoms with van der Waals surface area (Å²) in [6.45, 7) is 1.92. The number of pyridine rings is 1. The van der Waals surface area contributed by atoms with Crippen molar-refractivity contribution in [2.45, 2.75) is 13.3 Å². The Balaban J connectivity index is 1.71. The van der Waals surface area contributed by atoms with E-state index >= 15 is 0 Å². The lowest BCUT2D eigenvalue weighted by Crippen LogP contribution is -2.14. The molecule has 0 saturated heterocycles. The zero-order chi connectivity index (χ0) is 21.1. The molecular formula is C23H17Cl2N3O2. The first-order chi connectivity index (χ1) is 14.5. The van der Waals surface area contributed by atoms with Gasteiger partial charge in [-0.2, -0.15) is 0 Å². The summed E-state index contributed by atoms with van der Waals surface area (Å²) in [6, 6.07) is 16.5. The molecule has 0 radical (unpaired) electrons. The van der Waals surface area contributed by atoms with Crippen molar-refractivity contribution in [2.75, 3.05) is 5.32 Å². The topological polar surface area (TPSA) is 68.0 Å². The second-order valence-corrected chi connectivity index (χ2v) is 7.57. The molecule has 4 rings (SSSR count). The number of nitrogens with zero attached hydrogens (tertiary/aromatic N) is 2. The third-order valence-corrected chi connectivity index (χ3v) is 5.45. The molecule has 7 heteroatoms. The maximum atomic E-state index is 12.7. The van der Waals surface area contributed by atoms with E-state index in [4.69, 9.17) is 27.7 Å². The zero-order valence-electron chi connectivity index (χ0n) is 16.0. The Kier molecular flexibility index (Phi) is 5.84. The van der Waals surface area contributed by atoms with Gasteiger partial charge in [-0.25, -0.2) is 0 Å². The van der Waals surface area contributed by atoms with E-state index in [1.165, 1.54) is 0 Å². The monoisotopic (exact) mass is 437 g/mol. The Hall–Kier alpha value is -3.15. The number of benzene rings is 2. The van der Waals surface area contributed by atoms with E-state index in [0.717, 1.165) is 22.3 Å². The zero-order valence-corrected chi connectivity index (χ0v) is 17.5. The van der Waals surface area contributed by atoms with Gasteiger partial charge in [-0.05, 0) is 53.9 Å². The molecule has 0 spiro atoms. The summed E-state index contributed by atoms with van der Waals surface area (Å²) in [7, 11) is 0. The molecule has 0 fully saturated rings. The molecule has 1 amide bonds. The number of hydrogen-bond donors (Lipinski definition) is 1. The lowest BCUT2D eigenvalue weighted by Gasteiger charge is -2.08. The summed E-state index contributed by atoms with van der Waals surface area (Å²) < 4.78 is 5.55. The molecule has 0 bridgehead atoms. The summed E-state index contributed by atoms with van der Waals surface area (Å²) in [4.78, 5) is 16.7. The van der Waals surface area contributed by atoms with Gasteiger partial charge >= 0.3 is 0 Å². The van der Waals surface area contributed by atoms with Crippen LogP contribution in [0.2, 0.25) is 10.0 Å². The van der Waals surface area contributed by atoms with E-state index in [-0.39, 0.29) is 18.2 Å². The van der Waals surface area contributed by atoms with Crippen LogP contribution < -0.4 is 5.32 Å². The Labute approximate surface area is 183 Å². The molecule has 0 atom stereocenters. The van der Waals surface area contributed by atoms with Crippen LogP contribution in [0.4, 0.5) is 5.88 Å². The minimum Gasteiger partial charge on any atom is -0.337 e. The molecule has 1 N–H and O–H groups in total. The summed E-state index contributed by atoms with van der Waals surface area (Å²) in [5.74, 6) is 0.00856. The van der Waals surface area contributed by atoms with Crippen molar-refractivity contribution in [3.05, 3.63) is 88.2 Å². The number of rotatable bonds is 5.